The molecule has 0 radical (unpaired) electrons. The largest absolute Gasteiger partial charge is 0.378 e. The van der Waals surface area contributed by atoms with Crippen LogP contribution < -0.4 is 5.32 Å². The highest BCUT2D eigenvalue weighted by Gasteiger charge is 2.35. The molecule has 2 rings (SSSR count). The molecule has 1 aromatic carbocycles. The number of halogens is 1. The summed E-state index contributed by atoms with van der Waals surface area (Å²) in [6, 6.07) is 4.12. The van der Waals surface area contributed by atoms with Crippen molar-refractivity contribution in [3.8, 4) is 0 Å². The second-order valence-corrected chi connectivity index (χ2v) is 5.05. The van der Waals surface area contributed by atoms with Gasteiger partial charge in [0.15, 0.2) is 0 Å². The molecule has 1 amide bonds. The highest BCUT2D eigenvalue weighted by molar-refractivity contribution is 7.80. The fourth-order valence-corrected chi connectivity index (χ4v) is 2.19. The second-order valence-electron chi connectivity index (χ2n) is 4.54. The summed E-state index contributed by atoms with van der Waals surface area (Å²) in [4.78, 5) is 12.5. The summed E-state index contributed by atoms with van der Waals surface area (Å²) in [5.74, 6) is -1.04. The molecule has 1 heterocycles. The smallest absolute Gasteiger partial charge is 0.254 e. The van der Waals surface area contributed by atoms with Gasteiger partial charge in [0, 0.05) is 31.6 Å². The van der Waals surface area contributed by atoms with E-state index >= 15 is 0 Å². The molecule has 1 atom stereocenters. The first kappa shape index (κ1) is 14.3. The average Bonchev–Trinajstić information content (AvgIpc) is 2.88. The Morgan fingerprint density at radius 2 is 2.42 bits per heavy atom. The van der Waals surface area contributed by atoms with E-state index in [9.17, 15) is 9.18 Å². The number of amides is 1. The number of carbonyl (C=O) groups excluding carboxylic acids is 1. The van der Waals surface area contributed by atoms with E-state index in [-0.39, 0.29) is 5.56 Å². The molecule has 19 heavy (non-hydrogen) atoms. The van der Waals surface area contributed by atoms with E-state index in [4.69, 9.17) is 9.47 Å². The fraction of sp³-hybridized carbons (Fsp3) is 0.462. The van der Waals surface area contributed by atoms with Crippen molar-refractivity contribution in [2.75, 3.05) is 26.9 Å². The molecule has 104 valence electrons. The summed E-state index contributed by atoms with van der Waals surface area (Å²) < 4.78 is 24.2. The Hall–Kier alpha value is -1.11. The normalized spacial score (nSPS) is 22.5. The third-order valence-electron chi connectivity index (χ3n) is 3.27. The van der Waals surface area contributed by atoms with Crippen molar-refractivity contribution in [1.82, 2.24) is 5.32 Å². The van der Waals surface area contributed by atoms with E-state index in [1.54, 1.807) is 7.11 Å². The van der Waals surface area contributed by atoms with Crippen LogP contribution in [0.3, 0.4) is 0 Å². The van der Waals surface area contributed by atoms with Crippen molar-refractivity contribution in [2.24, 2.45) is 0 Å². The van der Waals surface area contributed by atoms with E-state index in [2.05, 4.69) is 17.9 Å². The Morgan fingerprint density at radius 3 is 3.05 bits per heavy atom. The number of thiol groups is 1. The molecule has 1 aliphatic rings. The van der Waals surface area contributed by atoms with Crippen LogP contribution in [0.15, 0.2) is 23.1 Å². The molecule has 0 bridgehead atoms. The van der Waals surface area contributed by atoms with Gasteiger partial charge in [-0.15, -0.1) is 12.6 Å². The first-order valence-electron chi connectivity index (χ1n) is 5.96. The van der Waals surface area contributed by atoms with Gasteiger partial charge in [-0.05, 0) is 18.2 Å². The van der Waals surface area contributed by atoms with Crippen LogP contribution in [0.25, 0.3) is 0 Å². The minimum atomic E-state index is -0.565. The lowest BCUT2D eigenvalue weighted by Crippen LogP contribution is -2.45. The van der Waals surface area contributed by atoms with Crippen LogP contribution in [-0.2, 0) is 9.47 Å². The van der Waals surface area contributed by atoms with Crippen LogP contribution in [-0.4, -0.2) is 38.4 Å². The summed E-state index contributed by atoms with van der Waals surface area (Å²) in [7, 11) is 1.58. The van der Waals surface area contributed by atoms with Crippen LogP contribution in [0, 0.1) is 5.82 Å². The van der Waals surface area contributed by atoms with Crippen LogP contribution in [0.4, 0.5) is 4.39 Å². The van der Waals surface area contributed by atoms with Crippen LogP contribution in [0.2, 0.25) is 0 Å². The molecular weight excluding hydrogens is 269 g/mol. The summed E-state index contributed by atoms with van der Waals surface area (Å²) in [5, 5.41) is 2.68. The number of rotatable bonds is 4. The van der Waals surface area contributed by atoms with Crippen molar-refractivity contribution in [2.45, 2.75) is 16.9 Å². The number of hydrogen-bond acceptors (Lipinski definition) is 4. The Bertz CT molecular complexity index is 475. The van der Waals surface area contributed by atoms with Gasteiger partial charge < -0.3 is 14.8 Å². The molecule has 1 N–H and O–H groups in total. The topological polar surface area (TPSA) is 47.6 Å². The van der Waals surface area contributed by atoms with Gasteiger partial charge in [-0.3, -0.25) is 4.79 Å². The summed E-state index contributed by atoms with van der Waals surface area (Å²) in [6.45, 7) is 1.32. The standard InChI is InChI=1S/C13H16FNO3S/c1-17-13(4-5-18-8-13)7-15-12(16)10-6-9(19)2-3-11(10)14/h2-3,6,19H,4-5,7-8H2,1H3,(H,15,16). The van der Waals surface area contributed by atoms with E-state index < -0.39 is 17.3 Å². The van der Waals surface area contributed by atoms with Gasteiger partial charge in [0.1, 0.15) is 11.4 Å². The maximum absolute atomic E-state index is 13.5. The molecule has 1 aromatic rings. The van der Waals surface area contributed by atoms with E-state index in [1.807, 2.05) is 0 Å². The number of ether oxygens (including phenoxy) is 2. The maximum atomic E-state index is 13.5. The number of nitrogens with one attached hydrogen (secondary N) is 1. The number of carbonyl (C=O) groups is 1. The van der Waals surface area contributed by atoms with Crippen molar-refractivity contribution >= 4 is 18.5 Å². The van der Waals surface area contributed by atoms with Gasteiger partial charge in [0.05, 0.1) is 12.2 Å². The van der Waals surface area contributed by atoms with E-state index in [1.165, 1.54) is 18.2 Å². The summed E-state index contributed by atoms with van der Waals surface area (Å²) in [6.07, 6.45) is 0.707. The second kappa shape index (κ2) is 5.90. The van der Waals surface area contributed by atoms with Gasteiger partial charge in [0.2, 0.25) is 0 Å². The monoisotopic (exact) mass is 285 g/mol. The van der Waals surface area contributed by atoms with Gasteiger partial charge >= 0.3 is 0 Å². The lowest BCUT2D eigenvalue weighted by atomic mass is 10.0. The molecule has 6 heteroatoms. The van der Waals surface area contributed by atoms with Crippen LogP contribution >= 0.6 is 12.6 Å². The predicted molar refractivity (Wildman–Crippen MR) is 71.2 cm³/mol. The number of benzene rings is 1. The molecule has 0 aliphatic carbocycles. The minimum absolute atomic E-state index is 0.0160. The number of methoxy groups -OCH3 is 1. The SMILES string of the molecule is COC1(CNC(=O)c2cc(S)ccc2F)CCOC1. The van der Waals surface area contributed by atoms with Crippen molar-refractivity contribution < 1.29 is 18.7 Å². The molecule has 0 saturated carbocycles. The first-order valence-corrected chi connectivity index (χ1v) is 6.41. The summed E-state index contributed by atoms with van der Waals surface area (Å²) in [5.41, 5.74) is -0.525. The third kappa shape index (κ3) is 3.26. The minimum Gasteiger partial charge on any atom is -0.378 e. The quantitative estimate of drug-likeness (QED) is 0.827. The molecule has 0 spiro atoms. The molecule has 1 aliphatic heterocycles. The molecule has 1 unspecified atom stereocenters. The zero-order chi connectivity index (χ0) is 13.9. The molecule has 1 fully saturated rings. The lowest BCUT2D eigenvalue weighted by molar-refractivity contribution is -0.0149. The highest BCUT2D eigenvalue weighted by atomic mass is 32.1. The van der Waals surface area contributed by atoms with Crippen molar-refractivity contribution in [3.05, 3.63) is 29.6 Å². The van der Waals surface area contributed by atoms with Gasteiger partial charge in [-0.2, -0.15) is 0 Å². The summed E-state index contributed by atoms with van der Waals surface area (Å²) >= 11 is 4.09. The first-order chi connectivity index (χ1) is 9.06. The fourth-order valence-electron chi connectivity index (χ4n) is 1.98. The van der Waals surface area contributed by atoms with Crippen molar-refractivity contribution in [3.63, 3.8) is 0 Å². The third-order valence-corrected chi connectivity index (χ3v) is 3.54. The Morgan fingerprint density at radius 1 is 1.63 bits per heavy atom. The molecule has 4 nitrogen and oxygen atoms in total. The van der Waals surface area contributed by atoms with Crippen LogP contribution in [0.5, 0.6) is 0 Å². The Labute approximate surface area is 116 Å². The predicted octanol–water partition coefficient (Wildman–Crippen LogP) is 1.65. The van der Waals surface area contributed by atoms with Gasteiger partial charge in [-0.1, -0.05) is 0 Å². The average molecular weight is 285 g/mol. The highest BCUT2D eigenvalue weighted by Crippen LogP contribution is 2.22. The number of hydrogen-bond donors (Lipinski definition) is 2. The van der Waals surface area contributed by atoms with Crippen molar-refractivity contribution in [1.29, 1.82) is 0 Å². The van der Waals surface area contributed by atoms with Crippen LogP contribution in [0.1, 0.15) is 16.8 Å². The van der Waals surface area contributed by atoms with E-state index in [0.29, 0.717) is 31.1 Å². The maximum Gasteiger partial charge on any atom is 0.254 e. The molecule has 0 aromatic heterocycles. The Balaban J connectivity index is 2.03. The zero-order valence-corrected chi connectivity index (χ0v) is 11.5. The molecular formula is C13H16FNO3S. The van der Waals surface area contributed by atoms with Gasteiger partial charge in [0.25, 0.3) is 5.91 Å². The molecule has 1 saturated heterocycles. The van der Waals surface area contributed by atoms with Gasteiger partial charge in [-0.25, -0.2) is 4.39 Å². The van der Waals surface area contributed by atoms with E-state index in [0.717, 1.165) is 0 Å². The zero-order valence-electron chi connectivity index (χ0n) is 10.6. The lowest BCUT2D eigenvalue weighted by Gasteiger charge is -2.25. The Kier molecular flexibility index (Phi) is 4.44.